The average Bonchev–Trinajstić information content (AvgIpc) is 2.25. The summed E-state index contributed by atoms with van der Waals surface area (Å²) in [4.78, 5) is 0. The lowest BCUT2D eigenvalue weighted by atomic mass is 9.83. The van der Waals surface area contributed by atoms with Crippen molar-refractivity contribution in [2.75, 3.05) is 14.2 Å². The first-order chi connectivity index (χ1) is 7.40. The molecule has 0 saturated heterocycles. The van der Waals surface area contributed by atoms with Crippen LogP contribution in [0.25, 0.3) is 0 Å². The summed E-state index contributed by atoms with van der Waals surface area (Å²) in [5, 5.41) is 0. The van der Waals surface area contributed by atoms with Crippen molar-refractivity contribution in [2.24, 2.45) is 5.41 Å². The first-order valence-corrected chi connectivity index (χ1v) is 5.45. The second-order valence-electron chi connectivity index (χ2n) is 5.03. The smallest absolute Gasteiger partial charge is 0.161 e. The van der Waals surface area contributed by atoms with Crippen LogP contribution in [0.5, 0.6) is 11.5 Å². The second kappa shape index (κ2) is 4.74. The van der Waals surface area contributed by atoms with E-state index in [-0.39, 0.29) is 11.5 Å². The van der Waals surface area contributed by atoms with Crippen LogP contribution in [-0.4, -0.2) is 14.2 Å². The van der Waals surface area contributed by atoms with Crippen LogP contribution in [0.4, 0.5) is 0 Å². The fraction of sp³-hybridized carbons (Fsp3) is 0.538. The Kier molecular flexibility index (Phi) is 3.81. The molecule has 0 radical (unpaired) electrons. The fourth-order valence-corrected chi connectivity index (χ4v) is 1.57. The van der Waals surface area contributed by atoms with Crippen LogP contribution in [-0.2, 0) is 0 Å². The van der Waals surface area contributed by atoms with Gasteiger partial charge >= 0.3 is 0 Å². The van der Waals surface area contributed by atoms with Crippen molar-refractivity contribution < 1.29 is 15.2 Å². The zero-order chi connectivity index (χ0) is 12.3. The van der Waals surface area contributed by atoms with Crippen LogP contribution < -0.4 is 15.2 Å². The molecule has 1 aromatic rings. The Morgan fingerprint density at radius 3 is 2.06 bits per heavy atom. The van der Waals surface area contributed by atoms with Crippen molar-refractivity contribution in [3.8, 4) is 11.5 Å². The van der Waals surface area contributed by atoms with E-state index in [0.717, 1.165) is 11.5 Å². The van der Waals surface area contributed by atoms with Crippen LogP contribution >= 0.6 is 0 Å². The van der Waals surface area contributed by atoms with Gasteiger partial charge in [-0.1, -0.05) is 20.8 Å². The lowest BCUT2D eigenvalue weighted by Gasteiger charge is -2.24. The Hall–Kier alpha value is -1.22. The Labute approximate surface area is 97.6 Å². The van der Waals surface area contributed by atoms with Crippen LogP contribution in [0.2, 0.25) is 0 Å². The van der Waals surface area contributed by atoms with Crippen molar-refractivity contribution in [1.82, 2.24) is 0 Å². The molecule has 0 spiro atoms. The third kappa shape index (κ3) is 2.67. The minimum atomic E-state index is 0.138. The molecule has 1 rings (SSSR count). The van der Waals surface area contributed by atoms with E-state index in [1.165, 1.54) is 5.56 Å². The number of ether oxygens (including phenoxy) is 2. The first-order valence-electron chi connectivity index (χ1n) is 5.45. The van der Waals surface area contributed by atoms with Gasteiger partial charge < -0.3 is 15.2 Å². The molecule has 0 aliphatic rings. The predicted molar refractivity (Wildman–Crippen MR) is 64.6 cm³/mol. The lowest BCUT2D eigenvalue weighted by molar-refractivity contribution is -0.450. The molecule has 0 fully saturated rings. The van der Waals surface area contributed by atoms with E-state index in [9.17, 15) is 0 Å². The molecule has 1 atom stereocenters. The summed E-state index contributed by atoms with van der Waals surface area (Å²) in [6.45, 7) is 6.55. The van der Waals surface area contributed by atoms with Crippen molar-refractivity contribution in [3.05, 3.63) is 23.8 Å². The van der Waals surface area contributed by atoms with Crippen LogP contribution in [0.15, 0.2) is 18.2 Å². The molecular weight excluding hydrogens is 202 g/mol. The number of hydrogen-bond donors (Lipinski definition) is 1. The van der Waals surface area contributed by atoms with Gasteiger partial charge in [0.1, 0.15) is 6.04 Å². The SMILES string of the molecule is COc1ccc(C([NH3+])C(C)(C)C)cc1OC. The maximum Gasteiger partial charge on any atom is 0.161 e. The van der Waals surface area contributed by atoms with Gasteiger partial charge in [-0.3, -0.25) is 0 Å². The Morgan fingerprint density at radius 2 is 1.62 bits per heavy atom. The molecule has 3 heteroatoms. The molecule has 16 heavy (non-hydrogen) atoms. The Balaban J connectivity index is 3.08. The van der Waals surface area contributed by atoms with Gasteiger partial charge in [-0.25, -0.2) is 0 Å². The Morgan fingerprint density at radius 1 is 1.06 bits per heavy atom. The summed E-state index contributed by atoms with van der Waals surface area (Å²) in [5.41, 5.74) is 5.52. The van der Waals surface area contributed by atoms with Gasteiger partial charge in [-0.05, 0) is 18.2 Å². The van der Waals surface area contributed by atoms with Gasteiger partial charge in [-0.2, -0.15) is 0 Å². The topological polar surface area (TPSA) is 46.1 Å². The van der Waals surface area contributed by atoms with Crippen LogP contribution in [0.3, 0.4) is 0 Å². The third-order valence-corrected chi connectivity index (χ3v) is 2.86. The number of benzene rings is 1. The standard InChI is InChI=1S/C13H21NO2/c1-13(2,3)12(14)9-6-7-10(15-4)11(8-9)16-5/h6-8,12H,14H2,1-5H3/p+1. The number of methoxy groups -OCH3 is 2. The van der Waals surface area contributed by atoms with Gasteiger partial charge in [0, 0.05) is 11.0 Å². The Bertz CT molecular complexity index is 355. The molecule has 3 N–H and O–H groups in total. The van der Waals surface area contributed by atoms with Crippen LogP contribution in [0.1, 0.15) is 32.4 Å². The van der Waals surface area contributed by atoms with E-state index >= 15 is 0 Å². The summed E-state index contributed by atoms with van der Waals surface area (Å²) in [5.74, 6) is 1.52. The maximum absolute atomic E-state index is 5.29. The second-order valence-corrected chi connectivity index (χ2v) is 5.03. The minimum Gasteiger partial charge on any atom is -0.493 e. The zero-order valence-corrected chi connectivity index (χ0v) is 10.8. The van der Waals surface area contributed by atoms with Crippen molar-refractivity contribution >= 4 is 0 Å². The lowest BCUT2D eigenvalue weighted by Crippen LogP contribution is -2.59. The summed E-state index contributed by atoms with van der Waals surface area (Å²) in [6.07, 6.45) is 0. The molecule has 1 unspecified atom stereocenters. The van der Waals surface area contributed by atoms with Crippen molar-refractivity contribution in [3.63, 3.8) is 0 Å². The highest BCUT2D eigenvalue weighted by Crippen LogP contribution is 2.34. The number of quaternary nitrogens is 1. The van der Waals surface area contributed by atoms with Gasteiger partial charge in [-0.15, -0.1) is 0 Å². The predicted octanol–water partition coefficient (Wildman–Crippen LogP) is 2.03. The fourth-order valence-electron chi connectivity index (χ4n) is 1.57. The normalized spacial score (nSPS) is 13.4. The average molecular weight is 224 g/mol. The van der Waals surface area contributed by atoms with Crippen molar-refractivity contribution in [2.45, 2.75) is 26.8 Å². The summed E-state index contributed by atoms with van der Waals surface area (Å²) in [6, 6.07) is 6.21. The quantitative estimate of drug-likeness (QED) is 0.854. The molecule has 0 amide bonds. The largest absolute Gasteiger partial charge is 0.493 e. The summed E-state index contributed by atoms with van der Waals surface area (Å²) in [7, 11) is 3.29. The van der Waals surface area contributed by atoms with Gasteiger partial charge in [0.15, 0.2) is 11.5 Å². The molecule has 0 aliphatic heterocycles. The molecular formula is C13H22NO2+. The number of rotatable bonds is 3. The van der Waals surface area contributed by atoms with E-state index in [1.807, 2.05) is 18.2 Å². The van der Waals surface area contributed by atoms with E-state index < -0.39 is 0 Å². The molecule has 3 nitrogen and oxygen atoms in total. The van der Waals surface area contributed by atoms with Gasteiger partial charge in [0.2, 0.25) is 0 Å². The maximum atomic E-state index is 5.29. The molecule has 90 valence electrons. The van der Waals surface area contributed by atoms with E-state index in [4.69, 9.17) is 9.47 Å². The molecule has 0 aliphatic carbocycles. The summed E-state index contributed by atoms with van der Waals surface area (Å²) >= 11 is 0. The van der Waals surface area contributed by atoms with Gasteiger partial charge in [0.05, 0.1) is 14.2 Å². The zero-order valence-electron chi connectivity index (χ0n) is 10.8. The van der Waals surface area contributed by atoms with E-state index in [0.29, 0.717) is 0 Å². The van der Waals surface area contributed by atoms with E-state index in [2.05, 4.69) is 26.5 Å². The van der Waals surface area contributed by atoms with Crippen LogP contribution in [0, 0.1) is 5.41 Å². The molecule has 0 saturated carbocycles. The van der Waals surface area contributed by atoms with Gasteiger partial charge in [0.25, 0.3) is 0 Å². The number of hydrogen-bond acceptors (Lipinski definition) is 2. The highest BCUT2D eigenvalue weighted by molar-refractivity contribution is 5.43. The highest BCUT2D eigenvalue weighted by atomic mass is 16.5. The molecule has 0 bridgehead atoms. The monoisotopic (exact) mass is 224 g/mol. The first kappa shape index (κ1) is 12.8. The minimum absolute atomic E-state index is 0.138. The highest BCUT2D eigenvalue weighted by Gasteiger charge is 2.26. The van der Waals surface area contributed by atoms with E-state index in [1.54, 1.807) is 14.2 Å². The van der Waals surface area contributed by atoms with Crippen molar-refractivity contribution in [1.29, 1.82) is 0 Å². The molecule has 1 aromatic carbocycles. The molecule has 0 aromatic heterocycles. The summed E-state index contributed by atoms with van der Waals surface area (Å²) < 4.78 is 10.5. The third-order valence-electron chi connectivity index (χ3n) is 2.86. The molecule has 0 heterocycles.